The number of benzene rings is 1. The predicted octanol–water partition coefficient (Wildman–Crippen LogP) is 2.81. The first-order valence-electron chi connectivity index (χ1n) is 6.82. The van der Waals surface area contributed by atoms with E-state index in [1.807, 2.05) is 43.0 Å². The molecule has 2 atom stereocenters. The highest BCUT2D eigenvalue weighted by Gasteiger charge is 2.26. The molecule has 0 bridgehead atoms. The van der Waals surface area contributed by atoms with Gasteiger partial charge < -0.3 is 10.6 Å². The zero-order valence-corrected chi connectivity index (χ0v) is 12.4. The van der Waals surface area contributed by atoms with Gasteiger partial charge in [-0.2, -0.15) is 11.8 Å². The summed E-state index contributed by atoms with van der Waals surface area (Å²) in [6, 6.07) is 8.37. The maximum atomic E-state index is 11.9. The van der Waals surface area contributed by atoms with Gasteiger partial charge in [-0.3, -0.25) is 4.79 Å². The number of hydrogen-bond acceptors (Lipinski definition) is 3. The Bertz CT molecular complexity index is 419. The number of rotatable bonds is 5. The number of aryl methyl sites for hydroxylation is 1. The minimum absolute atomic E-state index is 0.0376. The lowest BCUT2D eigenvalue weighted by atomic mass is 10.2. The van der Waals surface area contributed by atoms with Gasteiger partial charge in [0.2, 0.25) is 5.91 Å². The van der Waals surface area contributed by atoms with Crippen molar-refractivity contribution in [3.63, 3.8) is 0 Å². The monoisotopic (exact) mass is 278 g/mol. The molecule has 1 aromatic rings. The van der Waals surface area contributed by atoms with Crippen molar-refractivity contribution in [2.75, 3.05) is 18.1 Å². The summed E-state index contributed by atoms with van der Waals surface area (Å²) < 4.78 is 0. The molecule has 2 N–H and O–H groups in total. The first-order chi connectivity index (χ1) is 9.19. The zero-order valence-electron chi connectivity index (χ0n) is 11.6. The first-order valence-corrected chi connectivity index (χ1v) is 8.10. The lowest BCUT2D eigenvalue weighted by molar-refractivity contribution is -0.115. The molecule has 4 heteroatoms. The molecule has 0 aliphatic heterocycles. The van der Waals surface area contributed by atoms with Gasteiger partial charge in [0.1, 0.15) is 0 Å². The van der Waals surface area contributed by atoms with E-state index in [-0.39, 0.29) is 5.91 Å². The Hall–Kier alpha value is -1.00. The van der Waals surface area contributed by atoms with Crippen LogP contribution in [0.15, 0.2) is 24.3 Å². The van der Waals surface area contributed by atoms with Gasteiger partial charge in [-0.15, -0.1) is 0 Å². The molecule has 2 rings (SSSR count). The largest absolute Gasteiger partial charge is 0.325 e. The van der Waals surface area contributed by atoms with E-state index in [1.165, 1.54) is 24.8 Å². The Morgan fingerprint density at radius 1 is 1.32 bits per heavy atom. The van der Waals surface area contributed by atoms with Crippen LogP contribution in [0.1, 0.15) is 24.8 Å². The maximum absolute atomic E-state index is 11.9. The normalized spacial score (nSPS) is 22.4. The highest BCUT2D eigenvalue weighted by Crippen LogP contribution is 2.28. The van der Waals surface area contributed by atoms with Gasteiger partial charge in [-0.05, 0) is 38.2 Å². The van der Waals surface area contributed by atoms with Crippen molar-refractivity contribution in [1.29, 1.82) is 0 Å². The fraction of sp³-hybridized carbons (Fsp3) is 0.533. The van der Waals surface area contributed by atoms with Crippen LogP contribution in [0.2, 0.25) is 0 Å². The fourth-order valence-electron chi connectivity index (χ4n) is 2.51. The van der Waals surface area contributed by atoms with E-state index in [0.717, 1.165) is 5.69 Å². The highest BCUT2D eigenvalue weighted by molar-refractivity contribution is 7.99. The minimum Gasteiger partial charge on any atom is -0.325 e. The van der Waals surface area contributed by atoms with Crippen LogP contribution in [-0.4, -0.2) is 30.0 Å². The molecule has 104 valence electrons. The molecule has 2 unspecified atom stereocenters. The van der Waals surface area contributed by atoms with Crippen LogP contribution in [0, 0.1) is 6.92 Å². The molecule has 0 radical (unpaired) electrons. The molecule has 0 saturated heterocycles. The summed E-state index contributed by atoms with van der Waals surface area (Å²) in [6.07, 6.45) is 5.86. The van der Waals surface area contributed by atoms with Crippen LogP contribution in [0.4, 0.5) is 5.69 Å². The lowest BCUT2D eigenvalue weighted by Crippen LogP contribution is -2.39. The van der Waals surface area contributed by atoms with Crippen molar-refractivity contribution in [3.05, 3.63) is 29.8 Å². The van der Waals surface area contributed by atoms with Crippen LogP contribution in [0.3, 0.4) is 0 Å². The number of amides is 1. The minimum atomic E-state index is 0.0376. The Balaban J connectivity index is 1.77. The van der Waals surface area contributed by atoms with Gasteiger partial charge in [0.05, 0.1) is 6.54 Å². The summed E-state index contributed by atoms with van der Waals surface area (Å²) in [7, 11) is 0. The highest BCUT2D eigenvalue weighted by atomic mass is 32.2. The summed E-state index contributed by atoms with van der Waals surface area (Å²) in [5.41, 5.74) is 2.06. The van der Waals surface area contributed by atoms with E-state index in [0.29, 0.717) is 17.8 Å². The van der Waals surface area contributed by atoms with Gasteiger partial charge in [-0.1, -0.05) is 24.1 Å². The number of hydrogen-bond donors (Lipinski definition) is 2. The molecule has 1 saturated carbocycles. The molecule has 19 heavy (non-hydrogen) atoms. The van der Waals surface area contributed by atoms with Crippen LogP contribution in [-0.2, 0) is 4.79 Å². The molecule has 3 nitrogen and oxygen atoms in total. The van der Waals surface area contributed by atoms with E-state index in [2.05, 4.69) is 16.9 Å². The SMILES string of the molecule is CSC1CCCC1NCC(=O)Nc1ccc(C)cc1. The van der Waals surface area contributed by atoms with Crippen LogP contribution in [0.5, 0.6) is 0 Å². The second kappa shape index (κ2) is 6.96. The van der Waals surface area contributed by atoms with Gasteiger partial charge in [0.15, 0.2) is 0 Å². The number of anilines is 1. The Morgan fingerprint density at radius 2 is 2.05 bits per heavy atom. The van der Waals surface area contributed by atoms with Crippen molar-refractivity contribution < 1.29 is 4.79 Å². The zero-order chi connectivity index (χ0) is 13.7. The molecular weight excluding hydrogens is 256 g/mol. The maximum Gasteiger partial charge on any atom is 0.238 e. The van der Waals surface area contributed by atoms with E-state index in [4.69, 9.17) is 0 Å². The summed E-state index contributed by atoms with van der Waals surface area (Å²) in [5, 5.41) is 6.96. The number of carbonyl (C=O) groups is 1. The van der Waals surface area contributed by atoms with E-state index >= 15 is 0 Å². The summed E-state index contributed by atoms with van der Waals surface area (Å²) in [6.45, 7) is 2.44. The third-order valence-electron chi connectivity index (χ3n) is 3.62. The number of carbonyl (C=O) groups excluding carboxylic acids is 1. The van der Waals surface area contributed by atoms with E-state index in [1.54, 1.807) is 0 Å². The molecule has 1 aromatic carbocycles. The molecule has 1 fully saturated rings. The summed E-state index contributed by atoms with van der Waals surface area (Å²) >= 11 is 1.90. The van der Waals surface area contributed by atoms with E-state index < -0.39 is 0 Å². The third-order valence-corrected chi connectivity index (χ3v) is 4.79. The fourth-order valence-corrected chi connectivity index (χ4v) is 3.47. The van der Waals surface area contributed by atoms with Crippen LogP contribution >= 0.6 is 11.8 Å². The van der Waals surface area contributed by atoms with Crippen molar-refractivity contribution in [2.45, 2.75) is 37.5 Å². The predicted molar refractivity (Wildman–Crippen MR) is 82.8 cm³/mol. The second-order valence-electron chi connectivity index (χ2n) is 5.11. The lowest BCUT2D eigenvalue weighted by Gasteiger charge is -2.18. The van der Waals surface area contributed by atoms with Crippen LogP contribution < -0.4 is 10.6 Å². The van der Waals surface area contributed by atoms with Crippen molar-refractivity contribution in [1.82, 2.24) is 5.32 Å². The van der Waals surface area contributed by atoms with Crippen molar-refractivity contribution in [3.8, 4) is 0 Å². The Kier molecular flexibility index (Phi) is 5.28. The molecule has 0 spiro atoms. The first kappa shape index (κ1) is 14.4. The molecule has 1 aliphatic carbocycles. The van der Waals surface area contributed by atoms with Crippen molar-refractivity contribution in [2.24, 2.45) is 0 Å². The number of thioether (sulfide) groups is 1. The third kappa shape index (κ3) is 4.25. The van der Waals surface area contributed by atoms with Crippen molar-refractivity contribution >= 4 is 23.4 Å². The molecular formula is C15H22N2OS. The summed E-state index contributed by atoms with van der Waals surface area (Å²) in [4.78, 5) is 11.9. The Morgan fingerprint density at radius 3 is 2.74 bits per heavy atom. The second-order valence-corrected chi connectivity index (χ2v) is 6.18. The summed E-state index contributed by atoms with van der Waals surface area (Å²) in [5.74, 6) is 0.0376. The topological polar surface area (TPSA) is 41.1 Å². The van der Waals surface area contributed by atoms with Crippen LogP contribution in [0.25, 0.3) is 0 Å². The van der Waals surface area contributed by atoms with Gasteiger partial charge in [0, 0.05) is 17.0 Å². The average Bonchev–Trinajstić information content (AvgIpc) is 2.86. The van der Waals surface area contributed by atoms with Gasteiger partial charge >= 0.3 is 0 Å². The number of nitrogens with one attached hydrogen (secondary N) is 2. The van der Waals surface area contributed by atoms with E-state index in [9.17, 15) is 4.79 Å². The molecule has 0 heterocycles. The Labute approximate surface area is 119 Å². The smallest absolute Gasteiger partial charge is 0.238 e. The van der Waals surface area contributed by atoms with Gasteiger partial charge in [0.25, 0.3) is 0 Å². The van der Waals surface area contributed by atoms with Gasteiger partial charge in [-0.25, -0.2) is 0 Å². The standard InChI is InChI=1S/C15H22N2OS/c1-11-6-8-12(9-7-11)17-15(18)10-16-13-4-3-5-14(13)19-2/h6-9,13-14,16H,3-5,10H2,1-2H3,(H,17,18). The molecule has 1 aliphatic rings. The molecule has 0 aromatic heterocycles. The molecule has 1 amide bonds. The average molecular weight is 278 g/mol. The quantitative estimate of drug-likeness (QED) is 0.870.